The molecule has 0 saturated heterocycles. The van der Waals surface area contributed by atoms with E-state index in [-0.39, 0.29) is 63.8 Å². The van der Waals surface area contributed by atoms with Gasteiger partial charge in [0.25, 0.3) is 0 Å². The molecule has 2 atom stereocenters. The molecule has 200 valence electrons. The number of phenolic OH excluding ortho intramolecular Hbond substituents is 4. The molecule has 0 aliphatic rings. The van der Waals surface area contributed by atoms with Crippen LogP contribution in [0.5, 0.6) is 34.5 Å². The van der Waals surface area contributed by atoms with Gasteiger partial charge in [-0.3, -0.25) is 9.59 Å². The van der Waals surface area contributed by atoms with Crippen molar-refractivity contribution < 1.29 is 66.1 Å². The Balaban J connectivity index is -0.000000539. The Hall–Kier alpha value is -4.02. The Kier molecular flexibility index (Phi) is 16.0. The number of methoxy groups -OCH3 is 2. The van der Waals surface area contributed by atoms with Crippen molar-refractivity contribution in [1.29, 1.82) is 0 Å². The van der Waals surface area contributed by atoms with E-state index in [2.05, 4.69) is 0 Å². The molecule has 0 fully saturated rings. The lowest BCUT2D eigenvalue weighted by atomic mass is 10.1. The van der Waals surface area contributed by atoms with Gasteiger partial charge in [0.15, 0.2) is 23.0 Å². The molecule has 0 bridgehead atoms. The summed E-state index contributed by atoms with van der Waals surface area (Å²) in [4.78, 5) is 21.0. The maximum atomic E-state index is 10.5. The maximum absolute atomic E-state index is 10.5. The van der Waals surface area contributed by atoms with Crippen LogP contribution in [-0.2, 0) is 22.4 Å². The van der Waals surface area contributed by atoms with Crippen LogP contribution in [0.1, 0.15) is 11.1 Å². The summed E-state index contributed by atoms with van der Waals surface area (Å²) in [6.45, 7) is 0. The van der Waals surface area contributed by atoms with Crippen LogP contribution in [0.15, 0.2) is 24.3 Å². The van der Waals surface area contributed by atoms with Crippen LogP contribution in [0, 0.1) is 0 Å². The first-order valence-electron chi connectivity index (χ1n) is 9.05. The van der Waals surface area contributed by atoms with Gasteiger partial charge in [-0.25, -0.2) is 0 Å². The molecule has 2 aromatic rings. The molecular formula is C20H32N2O13. The van der Waals surface area contributed by atoms with Crippen LogP contribution in [0.25, 0.3) is 0 Å². The molecule has 35 heavy (non-hydrogen) atoms. The summed E-state index contributed by atoms with van der Waals surface area (Å²) in [6, 6.07) is 3.07. The molecule has 0 aliphatic heterocycles. The van der Waals surface area contributed by atoms with Crippen molar-refractivity contribution in [2.75, 3.05) is 14.2 Å². The van der Waals surface area contributed by atoms with Crippen LogP contribution in [0.2, 0.25) is 0 Å². The van der Waals surface area contributed by atoms with Crippen LogP contribution < -0.4 is 20.9 Å². The lowest BCUT2D eigenvalue weighted by molar-refractivity contribution is -0.139. The lowest BCUT2D eigenvalue weighted by Gasteiger charge is -2.10. The van der Waals surface area contributed by atoms with Crippen molar-refractivity contribution in [3.05, 3.63) is 35.4 Å². The molecule has 0 saturated carbocycles. The Labute approximate surface area is 199 Å². The highest BCUT2D eigenvalue weighted by molar-refractivity contribution is 5.74. The average molecular weight is 508 g/mol. The second-order valence-corrected chi connectivity index (χ2v) is 6.63. The third kappa shape index (κ3) is 10.2. The summed E-state index contributed by atoms with van der Waals surface area (Å²) in [5, 5.41) is 55.0. The van der Waals surface area contributed by atoms with Crippen LogP contribution in [0.4, 0.5) is 0 Å². The summed E-state index contributed by atoms with van der Waals surface area (Å²) in [5.74, 6) is -3.40. The summed E-state index contributed by atoms with van der Waals surface area (Å²) in [6.07, 6.45) is 0.0287. The SMILES string of the molecule is COc1c(O)cc(CC(N)C(=O)O)cc1O.COc1c(O)cc(CC(N)C(=O)O)cc1O.O.O.O. The fourth-order valence-corrected chi connectivity index (χ4v) is 2.65. The molecule has 0 amide bonds. The number of carbonyl (C=O) groups is 2. The molecule has 0 heterocycles. The number of carboxylic acids is 2. The molecule has 0 aliphatic carbocycles. The minimum atomic E-state index is -1.14. The number of rotatable bonds is 8. The molecule has 2 aromatic carbocycles. The first-order chi connectivity index (χ1) is 14.9. The van der Waals surface area contributed by atoms with Crippen LogP contribution in [0.3, 0.4) is 0 Å². The van der Waals surface area contributed by atoms with Crippen molar-refractivity contribution in [2.45, 2.75) is 24.9 Å². The summed E-state index contributed by atoms with van der Waals surface area (Å²) < 4.78 is 9.47. The molecule has 2 unspecified atom stereocenters. The Morgan fingerprint density at radius 3 is 1.09 bits per heavy atom. The zero-order valence-electron chi connectivity index (χ0n) is 18.8. The van der Waals surface area contributed by atoms with Gasteiger partial charge >= 0.3 is 11.9 Å². The van der Waals surface area contributed by atoms with Crippen molar-refractivity contribution >= 4 is 11.9 Å². The van der Waals surface area contributed by atoms with E-state index in [9.17, 15) is 30.0 Å². The number of phenols is 4. The quantitative estimate of drug-likeness (QED) is 0.186. The zero-order chi connectivity index (χ0) is 24.6. The molecular weight excluding hydrogens is 476 g/mol. The minimum Gasteiger partial charge on any atom is -0.504 e. The van der Waals surface area contributed by atoms with Gasteiger partial charge in [-0.2, -0.15) is 0 Å². The van der Waals surface area contributed by atoms with Gasteiger partial charge < -0.3 is 68.0 Å². The number of ether oxygens (including phenoxy) is 2. The summed E-state index contributed by atoms with van der Waals surface area (Å²) in [7, 11) is 2.61. The van der Waals surface area contributed by atoms with E-state index in [1.165, 1.54) is 38.5 Å². The average Bonchev–Trinajstić information content (AvgIpc) is 2.67. The highest BCUT2D eigenvalue weighted by Gasteiger charge is 2.17. The van der Waals surface area contributed by atoms with Crippen LogP contribution in [-0.4, -0.2) is 85.3 Å². The monoisotopic (exact) mass is 508 g/mol. The van der Waals surface area contributed by atoms with E-state index in [4.69, 9.17) is 31.2 Å². The van der Waals surface area contributed by atoms with E-state index in [1.54, 1.807) is 0 Å². The zero-order valence-corrected chi connectivity index (χ0v) is 18.8. The summed E-state index contributed by atoms with van der Waals surface area (Å²) in [5.41, 5.74) is 11.5. The van der Waals surface area contributed by atoms with Crippen molar-refractivity contribution in [3.8, 4) is 34.5 Å². The van der Waals surface area contributed by atoms with E-state index < -0.39 is 24.0 Å². The molecule has 0 spiro atoms. The topological polar surface area (TPSA) is 321 Å². The molecule has 15 heteroatoms. The number of benzene rings is 2. The van der Waals surface area contributed by atoms with Crippen LogP contribution >= 0.6 is 0 Å². The number of carboxylic acid groups (broad SMARTS) is 2. The van der Waals surface area contributed by atoms with Crippen molar-refractivity contribution in [1.82, 2.24) is 0 Å². The van der Waals surface area contributed by atoms with E-state index in [1.807, 2.05) is 0 Å². The predicted octanol–water partition coefficient (Wildman–Crippen LogP) is -2.35. The van der Waals surface area contributed by atoms with Crippen molar-refractivity contribution in [2.24, 2.45) is 11.5 Å². The second-order valence-electron chi connectivity index (χ2n) is 6.63. The normalized spacial score (nSPS) is 11.1. The molecule has 0 radical (unpaired) electrons. The van der Waals surface area contributed by atoms with Gasteiger partial charge in [0, 0.05) is 0 Å². The number of hydrogen-bond acceptors (Lipinski definition) is 10. The molecule has 16 N–H and O–H groups in total. The minimum absolute atomic E-state index is 0. The number of aromatic hydroxyl groups is 4. The Morgan fingerprint density at radius 2 is 0.914 bits per heavy atom. The molecule has 2 rings (SSSR count). The molecule has 0 aromatic heterocycles. The second kappa shape index (κ2) is 15.8. The predicted molar refractivity (Wildman–Crippen MR) is 122 cm³/mol. The van der Waals surface area contributed by atoms with Gasteiger partial charge in [-0.15, -0.1) is 0 Å². The lowest BCUT2D eigenvalue weighted by Crippen LogP contribution is -2.32. The third-order valence-electron chi connectivity index (χ3n) is 4.17. The van der Waals surface area contributed by atoms with Gasteiger partial charge in [0.1, 0.15) is 12.1 Å². The van der Waals surface area contributed by atoms with E-state index in [0.29, 0.717) is 11.1 Å². The fourth-order valence-electron chi connectivity index (χ4n) is 2.65. The summed E-state index contributed by atoms with van der Waals surface area (Å²) >= 11 is 0. The number of hydrogen-bond donors (Lipinski definition) is 8. The third-order valence-corrected chi connectivity index (χ3v) is 4.17. The van der Waals surface area contributed by atoms with Gasteiger partial charge in [0.2, 0.25) is 11.5 Å². The maximum Gasteiger partial charge on any atom is 0.320 e. The Morgan fingerprint density at radius 1 is 0.686 bits per heavy atom. The highest BCUT2D eigenvalue weighted by Crippen LogP contribution is 2.37. The van der Waals surface area contributed by atoms with E-state index in [0.717, 1.165) is 0 Å². The first-order valence-corrected chi connectivity index (χ1v) is 9.05. The van der Waals surface area contributed by atoms with Gasteiger partial charge in [0.05, 0.1) is 14.2 Å². The standard InChI is InChI=1S/2C10H13NO5.3H2O/c2*1-16-9-7(12)3-5(4-8(9)13)2-6(11)10(14)15;;;/h2*3-4,6,12-13H,2,11H2,1H3,(H,14,15);3*1H2. The van der Waals surface area contributed by atoms with Gasteiger partial charge in [-0.05, 0) is 48.2 Å². The number of aliphatic carboxylic acids is 2. The number of nitrogens with two attached hydrogens (primary N) is 2. The van der Waals surface area contributed by atoms with E-state index >= 15 is 0 Å². The van der Waals surface area contributed by atoms with Crippen molar-refractivity contribution in [3.63, 3.8) is 0 Å². The molecule has 15 nitrogen and oxygen atoms in total. The largest absolute Gasteiger partial charge is 0.504 e. The Bertz CT molecular complexity index is 845. The fraction of sp³-hybridized carbons (Fsp3) is 0.300. The van der Waals surface area contributed by atoms with Gasteiger partial charge in [-0.1, -0.05) is 0 Å². The highest BCUT2D eigenvalue weighted by atomic mass is 16.5. The smallest absolute Gasteiger partial charge is 0.320 e. The first kappa shape index (κ1) is 35.6.